The van der Waals surface area contributed by atoms with Crippen LogP contribution in [-0.2, 0) is 9.63 Å². The van der Waals surface area contributed by atoms with Gasteiger partial charge in [0.25, 0.3) is 5.09 Å². The van der Waals surface area contributed by atoms with E-state index in [2.05, 4.69) is 10.3 Å². The molecule has 2 aromatic rings. The fraction of sp³-hybridized carbons (Fsp3) is 0.571. The van der Waals surface area contributed by atoms with E-state index in [1.807, 2.05) is 30.5 Å². The smallest absolute Gasteiger partial charge is 0.294 e. The second-order valence-corrected chi connectivity index (χ2v) is 9.04. The molecule has 0 saturated heterocycles. The van der Waals surface area contributed by atoms with Gasteiger partial charge in [0.15, 0.2) is 0 Å². The lowest BCUT2D eigenvalue weighted by Crippen LogP contribution is -2.39. The van der Waals surface area contributed by atoms with E-state index in [9.17, 15) is 20.0 Å². The van der Waals surface area contributed by atoms with Crippen LogP contribution in [0.4, 0.5) is 0 Å². The van der Waals surface area contributed by atoms with E-state index in [0.29, 0.717) is 31.8 Å². The number of hydrogen-bond donors (Lipinski definition) is 3. The number of aromatic amines is 1. The summed E-state index contributed by atoms with van der Waals surface area (Å²) in [5.74, 6) is 0.589. The maximum atomic E-state index is 12.0. The molecule has 10 nitrogen and oxygen atoms in total. The van der Waals surface area contributed by atoms with E-state index in [4.69, 9.17) is 9.57 Å². The van der Waals surface area contributed by atoms with Gasteiger partial charge in [-0.15, -0.1) is 10.1 Å². The van der Waals surface area contributed by atoms with Crippen LogP contribution in [0.15, 0.2) is 30.5 Å². The zero-order chi connectivity index (χ0) is 22.9. The number of rotatable bonds is 12. The molecule has 0 aliphatic heterocycles. The Hall–Kier alpha value is -2.50. The highest BCUT2D eigenvalue weighted by atomic mass is 32.2. The number of ether oxygens (including phenoxy) is 1. The molecule has 1 aromatic heterocycles. The highest BCUT2D eigenvalue weighted by Crippen LogP contribution is 2.33. The number of H-pyrrole nitrogens is 1. The minimum absolute atomic E-state index is 0.120. The van der Waals surface area contributed by atoms with Crippen LogP contribution in [0.5, 0.6) is 5.75 Å². The van der Waals surface area contributed by atoms with Gasteiger partial charge < -0.3 is 25.0 Å². The SMILES string of the molecule is CC(=O)N(CCNCC(O)COc1cccc2[nH]ccc12)S[C@@H]1CCCC[C@H]1O[N+](=O)[O-]. The topological polar surface area (TPSA) is 130 Å². The molecule has 11 heteroatoms. The molecule has 1 aliphatic carbocycles. The number of fused-ring (bicyclic) bond motifs is 1. The normalized spacial score (nSPS) is 19.4. The maximum absolute atomic E-state index is 12.0. The summed E-state index contributed by atoms with van der Waals surface area (Å²) in [7, 11) is 0. The Morgan fingerprint density at radius 3 is 3.00 bits per heavy atom. The summed E-state index contributed by atoms with van der Waals surface area (Å²) in [5, 5.41) is 24.2. The van der Waals surface area contributed by atoms with Crippen molar-refractivity contribution < 1.29 is 24.6 Å². The number of aromatic nitrogens is 1. The van der Waals surface area contributed by atoms with Crippen LogP contribution < -0.4 is 10.1 Å². The molecule has 0 radical (unpaired) electrons. The Morgan fingerprint density at radius 2 is 2.22 bits per heavy atom. The number of aliphatic hydroxyl groups excluding tert-OH is 1. The first-order valence-corrected chi connectivity index (χ1v) is 11.6. The highest BCUT2D eigenvalue weighted by molar-refractivity contribution is 7.98. The number of amides is 1. The molecule has 1 saturated carbocycles. The second kappa shape index (κ2) is 11.9. The lowest BCUT2D eigenvalue weighted by molar-refractivity contribution is -0.768. The molecule has 3 atom stereocenters. The molecule has 176 valence electrons. The molecule has 3 rings (SSSR count). The third kappa shape index (κ3) is 7.01. The molecular formula is C21H30N4O6S. The highest BCUT2D eigenvalue weighted by Gasteiger charge is 2.31. The van der Waals surface area contributed by atoms with E-state index in [0.717, 1.165) is 30.2 Å². The van der Waals surface area contributed by atoms with Crippen LogP contribution in [0.3, 0.4) is 0 Å². The van der Waals surface area contributed by atoms with Crippen molar-refractivity contribution in [3.8, 4) is 5.75 Å². The quantitative estimate of drug-likeness (QED) is 0.188. The molecule has 1 amide bonds. The molecule has 3 N–H and O–H groups in total. The van der Waals surface area contributed by atoms with Crippen molar-refractivity contribution in [3.05, 3.63) is 40.6 Å². The number of carbonyl (C=O) groups excluding carboxylic acids is 1. The number of hydrogen-bond acceptors (Lipinski definition) is 8. The number of nitrogens with one attached hydrogen (secondary N) is 2. The summed E-state index contributed by atoms with van der Waals surface area (Å²) >= 11 is 1.32. The van der Waals surface area contributed by atoms with Crippen LogP contribution in [0, 0.1) is 10.1 Å². The van der Waals surface area contributed by atoms with Crippen molar-refractivity contribution in [3.63, 3.8) is 0 Å². The van der Waals surface area contributed by atoms with Crippen molar-refractivity contribution in [2.24, 2.45) is 0 Å². The molecule has 0 bridgehead atoms. The van der Waals surface area contributed by atoms with Gasteiger partial charge in [-0.2, -0.15) is 0 Å². The van der Waals surface area contributed by atoms with Gasteiger partial charge in [-0.1, -0.05) is 18.9 Å². The fourth-order valence-electron chi connectivity index (χ4n) is 3.74. The molecule has 1 fully saturated rings. The van der Waals surface area contributed by atoms with Crippen molar-refractivity contribution in [1.82, 2.24) is 14.6 Å². The molecule has 32 heavy (non-hydrogen) atoms. The summed E-state index contributed by atoms with van der Waals surface area (Å²) in [6, 6.07) is 7.63. The van der Waals surface area contributed by atoms with Crippen LogP contribution in [0.2, 0.25) is 0 Å². The molecule has 1 aromatic carbocycles. The van der Waals surface area contributed by atoms with Gasteiger partial charge in [-0.25, -0.2) is 0 Å². The van der Waals surface area contributed by atoms with E-state index in [1.54, 1.807) is 4.31 Å². The predicted octanol–water partition coefficient (Wildman–Crippen LogP) is 2.51. The number of aliphatic hydroxyl groups is 1. The first-order valence-electron chi connectivity index (χ1n) is 10.8. The van der Waals surface area contributed by atoms with Crippen molar-refractivity contribution >= 4 is 28.8 Å². The van der Waals surface area contributed by atoms with Gasteiger partial charge in [0, 0.05) is 43.7 Å². The van der Waals surface area contributed by atoms with Gasteiger partial charge in [0.05, 0.1) is 5.25 Å². The average Bonchev–Trinajstić information content (AvgIpc) is 3.24. The number of carbonyl (C=O) groups is 1. The summed E-state index contributed by atoms with van der Waals surface area (Å²) in [6.45, 7) is 2.83. The minimum Gasteiger partial charge on any atom is -0.490 e. The molecule has 1 aliphatic rings. The largest absolute Gasteiger partial charge is 0.490 e. The van der Waals surface area contributed by atoms with Crippen LogP contribution in [0.1, 0.15) is 32.6 Å². The molecular weight excluding hydrogens is 436 g/mol. The third-order valence-corrected chi connectivity index (χ3v) is 6.84. The van der Waals surface area contributed by atoms with E-state index < -0.39 is 17.3 Å². The van der Waals surface area contributed by atoms with E-state index in [1.165, 1.54) is 18.9 Å². The standard InChI is InChI=1S/C21H30N4O6S/c1-15(26)24(32-21-8-3-2-6-20(21)31-25(28)29)12-11-22-13-16(27)14-30-19-7-4-5-18-17(19)9-10-23-18/h4-5,7,9-10,16,20-23,27H,2-3,6,8,11-14H2,1H3/t16?,20-,21-/m1/s1. The van der Waals surface area contributed by atoms with Crippen molar-refractivity contribution in [1.29, 1.82) is 0 Å². The lowest BCUT2D eigenvalue weighted by Gasteiger charge is -2.32. The summed E-state index contributed by atoms with van der Waals surface area (Å²) in [5.41, 5.74) is 0.973. The first kappa shape index (κ1) is 24.1. The van der Waals surface area contributed by atoms with Crippen molar-refractivity contribution in [2.75, 3.05) is 26.2 Å². The Morgan fingerprint density at radius 1 is 1.41 bits per heavy atom. The fourth-order valence-corrected chi connectivity index (χ4v) is 5.00. The Balaban J connectivity index is 1.39. The minimum atomic E-state index is -0.747. The predicted molar refractivity (Wildman–Crippen MR) is 122 cm³/mol. The van der Waals surface area contributed by atoms with Gasteiger partial charge >= 0.3 is 0 Å². The Bertz CT molecular complexity index is 894. The number of nitrogens with zero attached hydrogens (tertiary/aromatic N) is 2. The zero-order valence-corrected chi connectivity index (χ0v) is 18.9. The van der Waals surface area contributed by atoms with Gasteiger partial charge in [-0.05, 0) is 43.0 Å². The number of benzene rings is 1. The average molecular weight is 467 g/mol. The van der Waals surface area contributed by atoms with Gasteiger partial charge in [0.1, 0.15) is 24.6 Å². The summed E-state index contributed by atoms with van der Waals surface area (Å²) in [4.78, 5) is 30.7. The summed E-state index contributed by atoms with van der Waals surface area (Å²) in [6.07, 6.45) is 3.86. The molecule has 0 spiro atoms. The van der Waals surface area contributed by atoms with Crippen molar-refractivity contribution in [2.45, 2.75) is 50.1 Å². The van der Waals surface area contributed by atoms with Crippen LogP contribution in [-0.4, -0.2) is 69.1 Å². The Kier molecular flexibility index (Phi) is 9.00. The monoisotopic (exact) mass is 466 g/mol. The molecule has 1 unspecified atom stereocenters. The second-order valence-electron chi connectivity index (χ2n) is 7.78. The van der Waals surface area contributed by atoms with Gasteiger partial charge in [-0.3, -0.25) is 9.10 Å². The maximum Gasteiger partial charge on any atom is 0.294 e. The lowest BCUT2D eigenvalue weighted by atomic mass is 9.97. The zero-order valence-electron chi connectivity index (χ0n) is 18.1. The van der Waals surface area contributed by atoms with E-state index >= 15 is 0 Å². The Labute approximate surface area is 190 Å². The van der Waals surface area contributed by atoms with Gasteiger partial charge in [0.2, 0.25) is 5.91 Å². The third-order valence-electron chi connectivity index (χ3n) is 5.34. The summed E-state index contributed by atoms with van der Waals surface area (Å²) < 4.78 is 7.36. The first-order chi connectivity index (χ1) is 15.4. The van der Waals surface area contributed by atoms with Crippen LogP contribution >= 0.6 is 11.9 Å². The molecule has 1 heterocycles. The van der Waals surface area contributed by atoms with E-state index in [-0.39, 0.29) is 17.8 Å². The van der Waals surface area contributed by atoms with Crippen LogP contribution in [0.25, 0.3) is 10.9 Å².